The van der Waals surface area contributed by atoms with Crippen molar-refractivity contribution >= 4 is 24.0 Å². The number of carbonyl (C=O) groups excluding carboxylic acids is 1. The molecule has 1 aliphatic carbocycles. The summed E-state index contributed by atoms with van der Waals surface area (Å²) in [4.78, 5) is 16.1. The molecule has 1 heterocycles. The van der Waals surface area contributed by atoms with E-state index in [4.69, 9.17) is 5.73 Å². The molecule has 1 aromatic heterocycles. The average molecular weight is 284 g/mol. The van der Waals surface area contributed by atoms with Gasteiger partial charge in [0.05, 0.1) is 5.56 Å². The van der Waals surface area contributed by atoms with Crippen LogP contribution < -0.4 is 11.1 Å². The number of amides is 1. The van der Waals surface area contributed by atoms with E-state index >= 15 is 0 Å². The fraction of sp³-hybridized carbons (Fsp3) is 0.571. The third-order valence-corrected chi connectivity index (χ3v) is 4.12. The van der Waals surface area contributed by atoms with Crippen molar-refractivity contribution in [2.24, 2.45) is 11.8 Å². The van der Waals surface area contributed by atoms with Gasteiger partial charge in [-0.05, 0) is 24.3 Å². The van der Waals surface area contributed by atoms with Crippen LogP contribution in [0.5, 0.6) is 0 Å². The zero-order valence-electron chi connectivity index (χ0n) is 11.4. The Morgan fingerprint density at radius 1 is 1.42 bits per heavy atom. The Balaban J connectivity index is 0.00000180. The predicted octanol–water partition coefficient (Wildman–Crippen LogP) is 2.64. The van der Waals surface area contributed by atoms with E-state index in [9.17, 15) is 4.79 Å². The lowest BCUT2D eigenvalue weighted by Gasteiger charge is -2.34. The minimum atomic E-state index is -0.105. The Hall–Kier alpha value is -1.29. The number of nitrogens with zero attached hydrogens (tertiary/aromatic N) is 1. The number of carbonyl (C=O) groups is 1. The lowest BCUT2D eigenvalue weighted by molar-refractivity contribution is 0.0891. The number of pyridine rings is 1. The van der Waals surface area contributed by atoms with Crippen LogP contribution in [0.1, 0.15) is 43.5 Å². The molecule has 0 bridgehead atoms. The second-order valence-electron chi connectivity index (χ2n) is 5.31. The first-order valence-electron chi connectivity index (χ1n) is 6.60. The largest absolute Gasteiger partial charge is 0.398 e. The van der Waals surface area contributed by atoms with Crippen LogP contribution in [0.3, 0.4) is 0 Å². The summed E-state index contributed by atoms with van der Waals surface area (Å²) >= 11 is 0. The van der Waals surface area contributed by atoms with Gasteiger partial charge < -0.3 is 11.1 Å². The van der Waals surface area contributed by atoms with Crippen molar-refractivity contribution in [2.45, 2.75) is 39.2 Å². The van der Waals surface area contributed by atoms with Crippen molar-refractivity contribution < 1.29 is 4.79 Å². The van der Waals surface area contributed by atoms with E-state index in [1.165, 1.54) is 19.0 Å². The molecule has 5 heteroatoms. The number of anilines is 1. The molecule has 1 aromatic rings. The molecule has 1 fully saturated rings. The molecule has 2 rings (SSSR count). The SMILES string of the molecule is CC1CCCC(NC(=O)c2cnccc2N)C1C.Cl. The fourth-order valence-corrected chi connectivity index (χ4v) is 2.63. The van der Waals surface area contributed by atoms with E-state index in [-0.39, 0.29) is 24.4 Å². The number of nitrogens with two attached hydrogens (primary N) is 1. The van der Waals surface area contributed by atoms with Crippen molar-refractivity contribution in [3.63, 3.8) is 0 Å². The molecule has 1 amide bonds. The second kappa shape index (κ2) is 6.75. The fourth-order valence-electron chi connectivity index (χ4n) is 2.63. The molecule has 0 aromatic carbocycles. The molecule has 1 saturated carbocycles. The van der Waals surface area contributed by atoms with Crippen LogP contribution in [0.4, 0.5) is 5.69 Å². The average Bonchev–Trinajstić information content (AvgIpc) is 2.35. The van der Waals surface area contributed by atoms with Gasteiger partial charge in [0, 0.05) is 24.1 Å². The maximum absolute atomic E-state index is 12.2. The minimum absolute atomic E-state index is 0. The number of aromatic nitrogens is 1. The molecule has 19 heavy (non-hydrogen) atoms. The molecular formula is C14H22ClN3O. The van der Waals surface area contributed by atoms with Gasteiger partial charge in [-0.2, -0.15) is 0 Å². The van der Waals surface area contributed by atoms with Crippen LogP contribution in [0, 0.1) is 11.8 Å². The summed E-state index contributed by atoms with van der Waals surface area (Å²) in [5.74, 6) is 1.07. The molecule has 0 aliphatic heterocycles. The molecule has 0 radical (unpaired) electrons. The lowest BCUT2D eigenvalue weighted by atomic mass is 9.78. The normalized spacial score (nSPS) is 26.3. The van der Waals surface area contributed by atoms with Crippen molar-refractivity contribution in [1.82, 2.24) is 10.3 Å². The standard InChI is InChI=1S/C14H21N3O.ClH/c1-9-4-3-5-13(10(9)2)17-14(18)11-8-16-7-6-12(11)15;/h6-10,13H,3-5H2,1-2H3,(H2,15,16)(H,17,18);1H. The highest BCUT2D eigenvalue weighted by atomic mass is 35.5. The van der Waals surface area contributed by atoms with Gasteiger partial charge in [0.2, 0.25) is 0 Å². The van der Waals surface area contributed by atoms with Crippen LogP contribution in [0.2, 0.25) is 0 Å². The molecular weight excluding hydrogens is 262 g/mol. The zero-order chi connectivity index (χ0) is 13.1. The van der Waals surface area contributed by atoms with Gasteiger partial charge in [-0.3, -0.25) is 9.78 Å². The third kappa shape index (κ3) is 3.60. The van der Waals surface area contributed by atoms with Gasteiger partial charge in [0.25, 0.3) is 5.91 Å². The lowest BCUT2D eigenvalue weighted by Crippen LogP contribution is -2.43. The summed E-state index contributed by atoms with van der Waals surface area (Å²) in [5.41, 5.74) is 6.75. The van der Waals surface area contributed by atoms with E-state index in [1.807, 2.05) is 0 Å². The monoisotopic (exact) mass is 283 g/mol. The number of rotatable bonds is 2. The maximum atomic E-state index is 12.2. The van der Waals surface area contributed by atoms with E-state index in [0.29, 0.717) is 23.1 Å². The maximum Gasteiger partial charge on any atom is 0.255 e. The number of nitrogen functional groups attached to an aromatic ring is 1. The van der Waals surface area contributed by atoms with Gasteiger partial charge in [0.1, 0.15) is 0 Å². The van der Waals surface area contributed by atoms with E-state index < -0.39 is 0 Å². The smallest absolute Gasteiger partial charge is 0.255 e. The van der Waals surface area contributed by atoms with Gasteiger partial charge in [-0.15, -0.1) is 12.4 Å². The number of hydrogen-bond acceptors (Lipinski definition) is 3. The summed E-state index contributed by atoms with van der Waals surface area (Å²) in [6.07, 6.45) is 6.61. The first-order valence-corrected chi connectivity index (χ1v) is 6.60. The molecule has 3 N–H and O–H groups in total. The Labute approximate surface area is 120 Å². The van der Waals surface area contributed by atoms with E-state index in [1.54, 1.807) is 12.3 Å². The summed E-state index contributed by atoms with van der Waals surface area (Å²) in [5, 5.41) is 3.10. The van der Waals surface area contributed by atoms with Crippen LogP contribution in [0.15, 0.2) is 18.5 Å². The van der Waals surface area contributed by atoms with Gasteiger partial charge in [0.15, 0.2) is 0 Å². The van der Waals surface area contributed by atoms with Crippen LogP contribution in [-0.2, 0) is 0 Å². The van der Waals surface area contributed by atoms with Crippen LogP contribution >= 0.6 is 12.4 Å². The van der Waals surface area contributed by atoms with Crippen molar-refractivity contribution in [1.29, 1.82) is 0 Å². The highest BCUT2D eigenvalue weighted by Crippen LogP contribution is 2.29. The van der Waals surface area contributed by atoms with Crippen molar-refractivity contribution in [3.05, 3.63) is 24.0 Å². The zero-order valence-corrected chi connectivity index (χ0v) is 12.2. The van der Waals surface area contributed by atoms with Gasteiger partial charge in [-0.25, -0.2) is 0 Å². The molecule has 3 unspecified atom stereocenters. The predicted molar refractivity (Wildman–Crippen MR) is 79.3 cm³/mol. The van der Waals surface area contributed by atoms with Crippen LogP contribution in [-0.4, -0.2) is 16.9 Å². The Morgan fingerprint density at radius 3 is 2.84 bits per heavy atom. The second-order valence-corrected chi connectivity index (χ2v) is 5.31. The van der Waals surface area contributed by atoms with E-state index in [0.717, 1.165) is 6.42 Å². The topological polar surface area (TPSA) is 68.0 Å². The third-order valence-electron chi connectivity index (χ3n) is 4.12. The highest BCUT2D eigenvalue weighted by Gasteiger charge is 2.28. The van der Waals surface area contributed by atoms with Crippen molar-refractivity contribution in [2.75, 3.05) is 5.73 Å². The Bertz CT molecular complexity index is 438. The number of halogens is 1. The molecule has 0 saturated heterocycles. The Morgan fingerprint density at radius 2 is 2.16 bits per heavy atom. The molecule has 1 aliphatic rings. The summed E-state index contributed by atoms with van der Waals surface area (Å²) in [6.45, 7) is 4.46. The highest BCUT2D eigenvalue weighted by molar-refractivity contribution is 5.98. The first kappa shape index (κ1) is 15.8. The molecule has 0 spiro atoms. The molecule has 3 atom stereocenters. The van der Waals surface area contributed by atoms with E-state index in [2.05, 4.69) is 24.1 Å². The summed E-state index contributed by atoms with van der Waals surface area (Å²) in [7, 11) is 0. The molecule has 106 valence electrons. The first-order chi connectivity index (χ1) is 8.59. The number of nitrogens with one attached hydrogen (secondary N) is 1. The summed E-state index contributed by atoms with van der Waals surface area (Å²) in [6, 6.07) is 1.91. The minimum Gasteiger partial charge on any atom is -0.398 e. The van der Waals surface area contributed by atoms with Crippen molar-refractivity contribution in [3.8, 4) is 0 Å². The quantitative estimate of drug-likeness (QED) is 0.877. The molecule has 4 nitrogen and oxygen atoms in total. The number of hydrogen-bond donors (Lipinski definition) is 2. The Kier molecular flexibility index (Phi) is 5.60. The van der Waals surface area contributed by atoms with Gasteiger partial charge >= 0.3 is 0 Å². The summed E-state index contributed by atoms with van der Waals surface area (Å²) < 4.78 is 0. The van der Waals surface area contributed by atoms with Gasteiger partial charge in [-0.1, -0.05) is 26.7 Å². The van der Waals surface area contributed by atoms with Crippen LogP contribution in [0.25, 0.3) is 0 Å².